The first-order valence-electron chi connectivity index (χ1n) is 12.1. The molecule has 5 rings (SSSR count). The summed E-state index contributed by atoms with van der Waals surface area (Å²) in [7, 11) is -3.51. The van der Waals surface area contributed by atoms with Crippen molar-refractivity contribution >= 4 is 32.6 Å². The summed E-state index contributed by atoms with van der Waals surface area (Å²) in [5, 5.41) is 6.38. The minimum Gasteiger partial charge on any atom is -0.368 e. The maximum atomic E-state index is 13.1. The number of hydrogen-bond acceptors (Lipinski definition) is 9. The molecule has 14 heteroatoms. The Morgan fingerprint density at radius 3 is 2.45 bits per heavy atom. The average molecular weight is 569 g/mol. The van der Waals surface area contributed by atoms with E-state index in [0.717, 1.165) is 11.3 Å². The number of sulfone groups is 1. The lowest BCUT2D eigenvalue weighted by atomic mass is 10.0. The molecule has 0 aliphatic carbocycles. The second-order valence-corrected chi connectivity index (χ2v) is 11.2. The fourth-order valence-corrected chi connectivity index (χ4v) is 5.05. The lowest BCUT2D eigenvalue weighted by molar-refractivity contribution is -0.115. The number of fused-ring (bicyclic) bond motifs is 1. The summed E-state index contributed by atoms with van der Waals surface area (Å²) in [5.41, 5.74) is 9.32. The zero-order valence-corrected chi connectivity index (χ0v) is 21.9. The highest BCUT2D eigenvalue weighted by atomic mass is 32.2. The molecule has 5 aromatic rings. The molecular formula is C26H23F3N8O2S. The normalized spacial score (nSPS) is 12.1. The Hall–Kier alpha value is -4.59. The maximum absolute atomic E-state index is 13.1. The van der Waals surface area contributed by atoms with Gasteiger partial charge < -0.3 is 11.1 Å². The van der Waals surface area contributed by atoms with Crippen LogP contribution in [0.2, 0.25) is 0 Å². The number of halogens is 3. The topological polar surface area (TPSA) is 142 Å². The summed E-state index contributed by atoms with van der Waals surface area (Å²) in [6.07, 6.45) is -1.19. The van der Waals surface area contributed by atoms with Crippen molar-refractivity contribution in [1.29, 1.82) is 0 Å². The van der Waals surface area contributed by atoms with Gasteiger partial charge in [0, 0.05) is 5.56 Å². The van der Waals surface area contributed by atoms with Crippen molar-refractivity contribution < 1.29 is 21.6 Å². The van der Waals surface area contributed by atoms with E-state index in [1.165, 1.54) is 18.5 Å². The number of aromatic nitrogens is 6. The quantitative estimate of drug-likeness (QED) is 0.281. The van der Waals surface area contributed by atoms with E-state index in [2.05, 4.69) is 30.4 Å². The van der Waals surface area contributed by atoms with E-state index in [0.29, 0.717) is 23.2 Å². The van der Waals surface area contributed by atoms with Crippen LogP contribution in [-0.2, 0) is 16.3 Å². The Balaban J connectivity index is 1.64. The number of anilines is 2. The van der Waals surface area contributed by atoms with Gasteiger partial charge in [0.1, 0.15) is 30.2 Å². The molecule has 0 fully saturated rings. The molecule has 0 atom stereocenters. The third-order valence-electron chi connectivity index (χ3n) is 6.09. The summed E-state index contributed by atoms with van der Waals surface area (Å²) < 4.78 is 65.8. The first-order valence-corrected chi connectivity index (χ1v) is 13.7. The highest BCUT2D eigenvalue weighted by Gasteiger charge is 2.28. The lowest BCUT2D eigenvalue weighted by Gasteiger charge is -2.15. The zero-order chi connectivity index (χ0) is 28.5. The van der Waals surface area contributed by atoms with Crippen LogP contribution in [0.15, 0.2) is 72.1 Å². The lowest BCUT2D eigenvalue weighted by Crippen LogP contribution is -2.22. The maximum Gasteiger partial charge on any atom is 0.405 e. The van der Waals surface area contributed by atoms with E-state index in [1.54, 1.807) is 36.1 Å². The van der Waals surface area contributed by atoms with Gasteiger partial charge in [-0.3, -0.25) is 0 Å². The number of hydrogen-bond donors (Lipinski definition) is 2. The molecule has 3 N–H and O–H groups in total. The standard InChI is InChI=1S/C26H23F3N8O2S/c1-2-40(38,39)20-5-3-4-17(11-20)21-12-18(10-16-6-8-19(9-7-16)37-15-31-14-33-37)22-23(34-21)24(36-25(30)35-22)32-13-26(27,28)29/h3-9,11-12,14-15H,2,10,13H2,1H3,(H3,30,32,35,36). The molecule has 10 nitrogen and oxygen atoms in total. The fraction of sp³-hybridized carbons (Fsp3) is 0.192. The SMILES string of the molecule is CCS(=O)(=O)c1cccc(-c2cc(Cc3ccc(-n4cncn4)cc3)c3nc(N)nc(NCC(F)(F)F)c3n2)c1. The van der Waals surface area contributed by atoms with Gasteiger partial charge >= 0.3 is 6.18 Å². The summed E-state index contributed by atoms with van der Waals surface area (Å²) >= 11 is 0. The van der Waals surface area contributed by atoms with Gasteiger partial charge in [-0.25, -0.2) is 28.1 Å². The Kier molecular flexibility index (Phi) is 7.10. The third-order valence-corrected chi connectivity index (χ3v) is 7.82. The van der Waals surface area contributed by atoms with Crippen LogP contribution in [0.4, 0.5) is 24.9 Å². The molecule has 40 heavy (non-hydrogen) atoms. The molecule has 206 valence electrons. The molecule has 0 aliphatic rings. The minimum absolute atomic E-state index is 0.0777. The first-order chi connectivity index (χ1) is 19.0. The number of nitrogens with two attached hydrogens (primary N) is 1. The molecule has 0 radical (unpaired) electrons. The highest BCUT2D eigenvalue weighted by molar-refractivity contribution is 7.91. The van der Waals surface area contributed by atoms with Crippen LogP contribution in [0, 0.1) is 0 Å². The van der Waals surface area contributed by atoms with E-state index in [-0.39, 0.29) is 33.4 Å². The van der Waals surface area contributed by atoms with Gasteiger partial charge in [0.2, 0.25) is 5.95 Å². The van der Waals surface area contributed by atoms with Crippen LogP contribution in [0.25, 0.3) is 28.0 Å². The molecule has 0 spiro atoms. The van der Waals surface area contributed by atoms with Crippen molar-refractivity contribution in [3.63, 3.8) is 0 Å². The molecule has 0 saturated heterocycles. The number of nitrogens with one attached hydrogen (secondary N) is 1. The second kappa shape index (κ2) is 10.5. The summed E-state index contributed by atoms with van der Waals surface area (Å²) in [6.45, 7) is 0.191. The van der Waals surface area contributed by atoms with Crippen LogP contribution < -0.4 is 11.1 Å². The van der Waals surface area contributed by atoms with E-state index in [1.807, 2.05) is 24.3 Å². The largest absolute Gasteiger partial charge is 0.405 e. The Bertz CT molecular complexity index is 1780. The Morgan fingerprint density at radius 2 is 1.77 bits per heavy atom. The minimum atomic E-state index is -4.51. The zero-order valence-electron chi connectivity index (χ0n) is 21.1. The van der Waals surface area contributed by atoms with Crippen molar-refractivity contribution in [3.05, 3.63) is 78.4 Å². The van der Waals surface area contributed by atoms with Crippen LogP contribution in [-0.4, -0.2) is 56.6 Å². The van der Waals surface area contributed by atoms with E-state index in [9.17, 15) is 21.6 Å². The van der Waals surface area contributed by atoms with Gasteiger partial charge in [0.05, 0.1) is 22.0 Å². The number of alkyl halides is 3. The van der Waals surface area contributed by atoms with Gasteiger partial charge in [0.15, 0.2) is 15.7 Å². The first kappa shape index (κ1) is 27.0. The molecule has 2 aromatic carbocycles. The number of nitrogen functional groups attached to an aromatic ring is 1. The van der Waals surface area contributed by atoms with E-state index >= 15 is 0 Å². The van der Waals surface area contributed by atoms with E-state index < -0.39 is 22.6 Å². The molecule has 3 aromatic heterocycles. The third kappa shape index (κ3) is 5.86. The van der Waals surface area contributed by atoms with Gasteiger partial charge in [-0.1, -0.05) is 31.2 Å². The van der Waals surface area contributed by atoms with E-state index in [4.69, 9.17) is 5.73 Å². The summed E-state index contributed by atoms with van der Waals surface area (Å²) in [5.74, 6) is -0.483. The predicted octanol–water partition coefficient (Wildman–Crippen LogP) is 4.21. The molecule has 0 amide bonds. The average Bonchev–Trinajstić information content (AvgIpc) is 3.47. The van der Waals surface area contributed by atoms with Gasteiger partial charge in [-0.2, -0.15) is 23.3 Å². The van der Waals surface area contributed by atoms with Crippen molar-refractivity contribution in [2.45, 2.75) is 24.4 Å². The molecule has 0 bridgehead atoms. The summed E-state index contributed by atoms with van der Waals surface area (Å²) in [4.78, 5) is 16.9. The Morgan fingerprint density at radius 1 is 1.00 bits per heavy atom. The Labute approximate surface area is 227 Å². The van der Waals surface area contributed by atoms with Gasteiger partial charge in [0.25, 0.3) is 0 Å². The van der Waals surface area contributed by atoms with Crippen molar-refractivity contribution in [1.82, 2.24) is 29.7 Å². The van der Waals surface area contributed by atoms with Crippen molar-refractivity contribution in [3.8, 4) is 16.9 Å². The molecule has 0 unspecified atom stereocenters. The fourth-order valence-electron chi connectivity index (χ4n) is 4.12. The number of pyridine rings is 1. The molecule has 3 heterocycles. The van der Waals surface area contributed by atoms with Crippen molar-refractivity contribution in [2.24, 2.45) is 0 Å². The second-order valence-electron chi connectivity index (χ2n) is 8.88. The number of nitrogens with zero attached hydrogens (tertiary/aromatic N) is 6. The van der Waals surface area contributed by atoms with Crippen LogP contribution >= 0.6 is 0 Å². The monoisotopic (exact) mass is 568 g/mol. The van der Waals surface area contributed by atoms with Crippen LogP contribution in [0.1, 0.15) is 18.1 Å². The molecule has 0 saturated carbocycles. The summed E-state index contributed by atoms with van der Waals surface area (Å²) in [6, 6.07) is 15.4. The van der Waals surface area contributed by atoms with Gasteiger partial charge in [-0.05, 0) is 47.9 Å². The predicted molar refractivity (Wildman–Crippen MR) is 144 cm³/mol. The molecule has 0 aliphatic heterocycles. The van der Waals surface area contributed by atoms with Crippen molar-refractivity contribution in [2.75, 3.05) is 23.3 Å². The number of rotatable bonds is 8. The number of benzene rings is 2. The van der Waals surface area contributed by atoms with Gasteiger partial charge in [-0.15, -0.1) is 0 Å². The van der Waals surface area contributed by atoms with Crippen LogP contribution in [0.5, 0.6) is 0 Å². The van der Waals surface area contributed by atoms with Crippen LogP contribution in [0.3, 0.4) is 0 Å². The smallest absolute Gasteiger partial charge is 0.368 e. The molecular weight excluding hydrogens is 545 g/mol. The highest BCUT2D eigenvalue weighted by Crippen LogP contribution is 2.31.